The first kappa shape index (κ1) is 15.9. The maximum atomic E-state index is 5.80. The van der Waals surface area contributed by atoms with Gasteiger partial charge in [-0.2, -0.15) is 0 Å². The standard InChI is InChI=1S/C15H32N2O/c1-6-15(7-2,11-16-8-3)13-17-9-10-18-14(4,5)12-17/h16H,6-13H2,1-5H3. The molecule has 18 heavy (non-hydrogen) atoms. The first-order valence-electron chi connectivity index (χ1n) is 7.54. The molecule has 0 saturated carbocycles. The van der Waals surface area contributed by atoms with E-state index in [4.69, 9.17) is 4.74 Å². The topological polar surface area (TPSA) is 24.5 Å². The van der Waals surface area contributed by atoms with E-state index in [1.54, 1.807) is 0 Å². The molecule has 3 heteroatoms. The summed E-state index contributed by atoms with van der Waals surface area (Å²) in [6.45, 7) is 17.6. The van der Waals surface area contributed by atoms with Crippen LogP contribution in [0.2, 0.25) is 0 Å². The van der Waals surface area contributed by atoms with Crippen LogP contribution in [0.5, 0.6) is 0 Å². The highest BCUT2D eigenvalue weighted by molar-refractivity contribution is 4.87. The Morgan fingerprint density at radius 3 is 2.39 bits per heavy atom. The van der Waals surface area contributed by atoms with Crippen LogP contribution in [0.25, 0.3) is 0 Å². The monoisotopic (exact) mass is 256 g/mol. The molecule has 0 amide bonds. The molecule has 0 aromatic heterocycles. The molecule has 1 saturated heterocycles. The second-order valence-electron chi connectivity index (χ2n) is 6.31. The van der Waals surface area contributed by atoms with Crippen molar-refractivity contribution >= 4 is 0 Å². The van der Waals surface area contributed by atoms with E-state index in [0.29, 0.717) is 5.41 Å². The van der Waals surface area contributed by atoms with Crippen molar-refractivity contribution in [2.45, 2.75) is 53.1 Å². The van der Waals surface area contributed by atoms with Crippen molar-refractivity contribution < 1.29 is 4.74 Å². The lowest BCUT2D eigenvalue weighted by Crippen LogP contribution is -2.53. The van der Waals surface area contributed by atoms with E-state index in [9.17, 15) is 0 Å². The van der Waals surface area contributed by atoms with Crippen LogP contribution >= 0.6 is 0 Å². The maximum absolute atomic E-state index is 5.80. The quantitative estimate of drug-likeness (QED) is 0.757. The minimum Gasteiger partial charge on any atom is -0.373 e. The predicted octanol–water partition coefficient (Wildman–Crippen LogP) is 2.51. The van der Waals surface area contributed by atoms with Crippen LogP contribution < -0.4 is 5.32 Å². The smallest absolute Gasteiger partial charge is 0.0753 e. The number of ether oxygens (including phenoxy) is 1. The van der Waals surface area contributed by atoms with Crippen molar-refractivity contribution in [3.05, 3.63) is 0 Å². The van der Waals surface area contributed by atoms with Crippen molar-refractivity contribution in [3.63, 3.8) is 0 Å². The summed E-state index contributed by atoms with van der Waals surface area (Å²) in [5.74, 6) is 0. The fraction of sp³-hybridized carbons (Fsp3) is 1.00. The van der Waals surface area contributed by atoms with E-state index in [1.807, 2.05) is 0 Å². The second kappa shape index (κ2) is 6.88. The SMILES string of the molecule is CCNCC(CC)(CC)CN1CCOC(C)(C)C1. The van der Waals surface area contributed by atoms with Crippen molar-refractivity contribution in [3.8, 4) is 0 Å². The Kier molecular flexibility index (Phi) is 6.09. The third-order valence-electron chi connectivity index (χ3n) is 4.31. The highest BCUT2D eigenvalue weighted by Gasteiger charge is 2.33. The molecule has 1 heterocycles. The number of hydrogen-bond donors (Lipinski definition) is 1. The molecule has 1 rings (SSSR count). The largest absolute Gasteiger partial charge is 0.373 e. The summed E-state index contributed by atoms with van der Waals surface area (Å²) < 4.78 is 5.80. The molecular formula is C15H32N2O. The molecule has 0 bridgehead atoms. The zero-order chi connectivity index (χ0) is 13.6. The van der Waals surface area contributed by atoms with Gasteiger partial charge in [-0.3, -0.25) is 4.90 Å². The summed E-state index contributed by atoms with van der Waals surface area (Å²) in [6.07, 6.45) is 2.49. The van der Waals surface area contributed by atoms with Gasteiger partial charge in [-0.1, -0.05) is 20.8 Å². The molecule has 1 fully saturated rings. The summed E-state index contributed by atoms with van der Waals surface area (Å²) in [5.41, 5.74) is 0.438. The van der Waals surface area contributed by atoms with Gasteiger partial charge in [-0.15, -0.1) is 0 Å². The van der Waals surface area contributed by atoms with Gasteiger partial charge >= 0.3 is 0 Å². The zero-order valence-electron chi connectivity index (χ0n) is 13.0. The van der Waals surface area contributed by atoms with Gasteiger partial charge in [-0.25, -0.2) is 0 Å². The Morgan fingerprint density at radius 2 is 1.89 bits per heavy atom. The lowest BCUT2D eigenvalue weighted by molar-refractivity contribution is -0.0948. The fourth-order valence-electron chi connectivity index (χ4n) is 2.89. The summed E-state index contributed by atoms with van der Waals surface area (Å²) in [6, 6.07) is 0. The minimum absolute atomic E-state index is 0.0175. The Labute approximate surface area is 113 Å². The molecule has 1 aliphatic heterocycles. The van der Waals surface area contributed by atoms with Gasteiger partial charge < -0.3 is 10.1 Å². The van der Waals surface area contributed by atoms with Crippen LogP contribution in [0.1, 0.15) is 47.5 Å². The average Bonchev–Trinajstić information content (AvgIpc) is 2.33. The Hall–Kier alpha value is -0.120. The van der Waals surface area contributed by atoms with E-state index >= 15 is 0 Å². The Balaban J connectivity index is 2.59. The summed E-state index contributed by atoms with van der Waals surface area (Å²) in [4.78, 5) is 2.59. The molecule has 0 unspecified atom stereocenters. The maximum Gasteiger partial charge on any atom is 0.0753 e. The van der Waals surface area contributed by atoms with E-state index in [0.717, 1.165) is 32.8 Å². The first-order valence-corrected chi connectivity index (χ1v) is 7.54. The number of morpholine rings is 1. The normalized spacial score (nSPS) is 21.2. The molecule has 3 nitrogen and oxygen atoms in total. The number of hydrogen-bond acceptors (Lipinski definition) is 3. The van der Waals surface area contributed by atoms with Gasteiger partial charge in [-0.05, 0) is 38.6 Å². The molecule has 1 aliphatic rings. The van der Waals surface area contributed by atoms with E-state index in [1.165, 1.54) is 19.4 Å². The molecule has 0 atom stereocenters. The summed E-state index contributed by atoms with van der Waals surface area (Å²) in [7, 11) is 0. The first-order chi connectivity index (χ1) is 8.47. The van der Waals surface area contributed by atoms with Crippen LogP contribution in [0.4, 0.5) is 0 Å². The van der Waals surface area contributed by atoms with Gasteiger partial charge in [0.2, 0.25) is 0 Å². The average molecular weight is 256 g/mol. The number of rotatable bonds is 7. The molecule has 108 valence electrons. The van der Waals surface area contributed by atoms with Gasteiger partial charge in [0.25, 0.3) is 0 Å². The molecule has 1 N–H and O–H groups in total. The van der Waals surface area contributed by atoms with Gasteiger partial charge in [0, 0.05) is 26.2 Å². The van der Waals surface area contributed by atoms with Crippen LogP contribution in [-0.2, 0) is 4.74 Å². The van der Waals surface area contributed by atoms with Gasteiger partial charge in [0.1, 0.15) is 0 Å². The predicted molar refractivity (Wildman–Crippen MR) is 78.0 cm³/mol. The van der Waals surface area contributed by atoms with E-state index in [-0.39, 0.29) is 5.60 Å². The molecule has 0 aromatic rings. The Bertz CT molecular complexity index is 237. The van der Waals surface area contributed by atoms with E-state index in [2.05, 4.69) is 44.8 Å². The van der Waals surface area contributed by atoms with Crippen molar-refractivity contribution in [2.24, 2.45) is 5.41 Å². The molecule has 0 spiro atoms. The summed E-state index contributed by atoms with van der Waals surface area (Å²) >= 11 is 0. The van der Waals surface area contributed by atoms with Crippen molar-refractivity contribution in [1.82, 2.24) is 10.2 Å². The lowest BCUT2D eigenvalue weighted by atomic mass is 9.81. The van der Waals surface area contributed by atoms with Gasteiger partial charge in [0.05, 0.1) is 12.2 Å². The van der Waals surface area contributed by atoms with Gasteiger partial charge in [0.15, 0.2) is 0 Å². The lowest BCUT2D eigenvalue weighted by Gasteiger charge is -2.43. The second-order valence-corrected chi connectivity index (χ2v) is 6.31. The molecule has 0 aromatic carbocycles. The van der Waals surface area contributed by atoms with Crippen LogP contribution in [0.15, 0.2) is 0 Å². The van der Waals surface area contributed by atoms with Crippen LogP contribution in [0.3, 0.4) is 0 Å². The zero-order valence-corrected chi connectivity index (χ0v) is 13.0. The third-order valence-corrected chi connectivity index (χ3v) is 4.31. The molecular weight excluding hydrogens is 224 g/mol. The highest BCUT2D eigenvalue weighted by atomic mass is 16.5. The van der Waals surface area contributed by atoms with E-state index < -0.39 is 0 Å². The number of nitrogens with zero attached hydrogens (tertiary/aromatic N) is 1. The fourth-order valence-corrected chi connectivity index (χ4v) is 2.89. The molecule has 0 aliphatic carbocycles. The Morgan fingerprint density at radius 1 is 1.22 bits per heavy atom. The number of nitrogens with one attached hydrogen (secondary N) is 1. The highest BCUT2D eigenvalue weighted by Crippen LogP contribution is 2.29. The van der Waals surface area contributed by atoms with Crippen LogP contribution in [-0.4, -0.2) is 49.8 Å². The summed E-state index contributed by atoms with van der Waals surface area (Å²) in [5, 5.41) is 3.54. The van der Waals surface area contributed by atoms with Crippen molar-refractivity contribution in [2.75, 3.05) is 39.3 Å². The van der Waals surface area contributed by atoms with Crippen LogP contribution in [0, 0.1) is 5.41 Å². The third kappa shape index (κ3) is 4.52. The molecule has 0 radical (unpaired) electrons. The minimum atomic E-state index is 0.0175. The van der Waals surface area contributed by atoms with Crippen molar-refractivity contribution in [1.29, 1.82) is 0 Å².